The van der Waals surface area contributed by atoms with Crippen molar-refractivity contribution in [2.75, 3.05) is 13.7 Å². The molecule has 2 aromatic rings. The summed E-state index contributed by atoms with van der Waals surface area (Å²) in [5.41, 5.74) is 4.11. The molecule has 2 rings (SSSR count). The first-order valence-electron chi connectivity index (χ1n) is 8.41. The first-order valence-corrected chi connectivity index (χ1v) is 8.79. The average Bonchev–Trinajstić information content (AvgIpc) is 2.61. The monoisotopic (exact) mass is 357 g/mol. The molecular weight excluding hydrogens is 334 g/mol. The van der Waals surface area contributed by atoms with Crippen molar-refractivity contribution in [2.24, 2.45) is 0 Å². The zero-order valence-electron chi connectivity index (χ0n) is 15.2. The average molecular weight is 358 g/mol. The van der Waals surface area contributed by atoms with Crippen molar-refractivity contribution in [3.05, 3.63) is 64.5 Å². The fourth-order valence-electron chi connectivity index (χ4n) is 2.59. The predicted octanol–water partition coefficient (Wildman–Crippen LogP) is 6.06. The lowest BCUT2D eigenvalue weighted by Gasteiger charge is -2.13. The minimum atomic E-state index is 0.603. The molecule has 0 bridgehead atoms. The van der Waals surface area contributed by atoms with Crippen LogP contribution in [-0.2, 0) is 4.74 Å². The van der Waals surface area contributed by atoms with Crippen LogP contribution in [0.2, 0.25) is 5.02 Å². The summed E-state index contributed by atoms with van der Waals surface area (Å²) < 4.78 is 11.1. The smallest absolute Gasteiger partial charge is 0.221 e. The van der Waals surface area contributed by atoms with E-state index in [4.69, 9.17) is 21.1 Å². The highest BCUT2D eigenvalue weighted by molar-refractivity contribution is 6.30. The predicted molar refractivity (Wildman–Crippen MR) is 105 cm³/mol. The molecule has 0 aliphatic rings. The number of allylic oxidation sites excluding steroid dienone is 2. The van der Waals surface area contributed by atoms with E-state index in [0.717, 1.165) is 34.4 Å². The number of pyridine rings is 1. The number of halogens is 1. The Balaban J connectivity index is 2.46. The molecule has 0 saturated carbocycles. The molecule has 0 aliphatic heterocycles. The molecule has 0 unspecified atom stereocenters. The second kappa shape index (κ2) is 9.28. The lowest BCUT2D eigenvalue weighted by molar-refractivity contribution is 0.242. The van der Waals surface area contributed by atoms with Gasteiger partial charge in [-0.25, -0.2) is 4.98 Å². The Bertz CT molecular complexity index is 764. The lowest BCUT2D eigenvalue weighted by Crippen LogP contribution is -1.97. The van der Waals surface area contributed by atoms with Crippen molar-refractivity contribution in [1.82, 2.24) is 4.98 Å². The highest BCUT2D eigenvalue weighted by atomic mass is 35.5. The molecule has 25 heavy (non-hydrogen) atoms. The molecule has 4 heteroatoms. The summed E-state index contributed by atoms with van der Waals surface area (Å²) in [4.78, 5) is 4.46. The fourth-order valence-corrected chi connectivity index (χ4v) is 2.71. The van der Waals surface area contributed by atoms with Gasteiger partial charge in [-0.05, 0) is 67.3 Å². The van der Waals surface area contributed by atoms with Crippen molar-refractivity contribution in [1.29, 1.82) is 0 Å². The zero-order chi connectivity index (χ0) is 18.2. The summed E-state index contributed by atoms with van der Waals surface area (Å²) in [6, 6.07) is 7.70. The number of benzene rings is 1. The normalized spacial score (nSPS) is 11.8. The minimum Gasteiger partial charge on any atom is -0.494 e. The van der Waals surface area contributed by atoms with Crippen LogP contribution in [0.15, 0.2) is 48.4 Å². The summed E-state index contributed by atoms with van der Waals surface area (Å²) >= 11 is 6.01. The summed E-state index contributed by atoms with van der Waals surface area (Å²) in [5, 5.41) is 0.704. The van der Waals surface area contributed by atoms with Gasteiger partial charge in [-0.1, -0.05) is 30.7 Å². The number of hydrogen-bond donors (Lipinski definition) is 0. The molecule has 0 atom stereocenters. The largest absolute Gasteiger partial charge is 0.494 e. The Labute approximate surface area is 155 Å². The summed E-state index contributed by atoms with van der Waals surface area (Å²) in [6.45, 7) is 6.78. The third-order valence-corrected chi connectivity index (χ3v) is 4.06. The van der Waals surface area contributed by atoms with Crippen LogP contribution in [0.1, 0.15) is 31.4 Å². The van der Waals surface area contributed by atoms with E-state index in [9.17, 15) is 0 Å². The summed E-state index contributed by atoms with van der Waals surface area (Å²) in [6.07, 6.45) is 8.81. The van der Waals surface area contributed by atoms with Crippen LogP contribution in [0.5, 0.6) is 5.88 Å². The second-order valence-electron chi connectivity index (χ2n) is 5.51. The van der Waals surface area contributed by atoms with Gasteiger partial charge in [0.1, 0.15) is 5.76 Å². The van der Waals surface area contributed by atoms with Crippen molar-refractivity contribution in [3.63, 3.8) is 0 Å². The van der Waals surface area contributed by atoms with Gasteiger partial charge in [0.15, 0.2) is 0 Å². The molecule has 3 nitrogen and oxygen atoms in total. The van der Waals surface area contributed by atoms with E-state index in [1.165, 1.54) is 0 Å². The number of rotatable bonds is 7. The maximum absolute atomic E-state index is 6.01. The first-order chi connectivity index (χ1) is 12.1. The molecule has 0 spiro atoms. The van der Waals surface area contributed by atoms with E-state index in [0.29, 0.717) is 17.5 Å². The van der Waals surface area contributed by atoms with Crippen molar-refractivity contribution in [3.8, 4) is 17.0 Å². The van der Waals surface area contributed by atoms with Crippen molar-refractivity contribution < 1.29 is 9.47 Å². The number of nitrogens with zero attached hydrogens (tertiary/aromatic N) is 1. The summed E-state index contributed by atoms with van der Waals surface area (Å²) in [7, 11) is 1.63. The van der Waals surface area contributed by atoms with Crippen LogP contribution in [0.4, 0.5) is 0 Å². The van der Waals surface area contributed by atoms with E-state index in [-0.39, 0.29) is 0 Å². The molecule has 132 valence electrons. The highest BCUT2D eigenvalue weighted by Gasteiger charge is 2.13. The quantitative estimate of drug-likeness (QED) is 0.445. The standard InChI is InChI=1S/C21H24ClNO2/c1-5-7-19(25-6-2)13-10-17-14-23-21(24-4)20(15(17)3)16-8-11-18(22)12-9-16/h7-14H,5-6H2,1-4H3/b13-10-,19-7-. The van der Waals surface area contributed by atoms with Gasteiger partial charge in [0.25, 0.3) is 0 Å². The van der Waals surface area contributed by atoms with Gasteiger partial charge in [0.2, 0.25) is 5.88 Å². The van der Waals surface area contributed by atoms with E-state index in [1.807, 2.05) is 49.5 Å². The van der Waals surface area contributed by atoms with Gasteiger partial charge < -0.3 is 9.47 Å². The van der Waals surface area contributed by atoms with E-state index in [1.54, 1.807) is 7.11 Å². The summed E-state index contributed by atoms with van der Waals surface area (Å²) in [5.74, 6) is 1.47. The van der Waals surface area contributed by atoms with Gasteiger partial charge in [-0.3, -0.25) is 0 Å². The second-order valence-corrected chi connectivity index (χ2v) is 5.95. The Hall–Kier alpha value is -2.26. The Morgan fingerprint density at radius 2 is 1.92 bits per heavy atom. The molecule has 0 saturated heterocycles. The number of methoxy groups -OCH3 is 1. The lowest BCUT2D eigenvalue weighted by atomic mass is 9.98. The fraction of sp³-hybridized carbons (Fsp3) is 0.286. The van der Waals surface area contributed by atoms with Gasteiger partial charge in [-0.15, -0.1) is 0 Å². The molecule has 0 aliphatic carbocycles. The molecule has 0 amide bonds. The number of ether oxygens (including phenoxy) is 2. The molecule has 0 N–H and O–H groups in total. The molecule has 1 heterocycles. The zero-order valence-corrected chi connectivity index (χ0v) is 15.9. The van der Waals surface area contributed by atoms with Crippen LogP contribution in [0.25, 0.3) is 17.2 Å². The Morgan fingerprint density at radius 3 is 2.52 bits per heavy atom. The van der Waals surface area contributed by atoms with Crippen LogP contribution >= 0.6 is 11.6 Å². The molecule has 1 aromatic carbocycles. The SMILES string of the molecule is CC/C=C(/C=C\c1cnc(OC)c(-c2ccc(Cl)cc2)c1C)OCC. The van der Waals surface area contributed by atoms with Crippen molar-refractivity contribution >= 4 is 17.7 Å². The van der Waals surface area contributed by atoms with Crippen LogP contribution in [-0.4, -0.2) is 18.7 Å². The van der Waals surface area contributed by atoms with Crippen LogP contribution < -0.4 is 4.74 Å². The first kappa shape index (κ1) is 19.1. The van der Waals surface area contributed by atoms with Crippen LogP contribution in [0, 0.1) is 6.92 Å². The van der Waals surface area contributed by atoms with Crippen LogP contribution in [0.3, 0.4) is 0 Å². The van der Waals surface area contributed by atoms with E-state index < -0.39 is 0 Å². The number of hydrogen-bond acceptors (Lipinski definition) is 3. The number of aromatic nitrogens is 1. The van der Waals surface area contributed by atoms with Gasteiger partial charge in [-0.2, -0.15) is 0 Å². The van der Waals surface area contributed by atoms with Gasteiger partial charge >= 0.3 is 0 Å². The van der Waals surface area contributed by atoms with Gasteiger partial charge in [0.05, 0.1) is 13.7 Å². The third kappa shape index (κ3) is 4.86. The maximum atomic E-state index is 6.01. The maximum Gasteiger partial charge on any atom is 0.221 e. The highest BCUT2D eigenvalue weighted by Crippen LogP contribution is 2.34. The molecular formula is C21H24ClNO2. The van der Waals surface area contributed by atoms with E-state index >= 15 is 0 Å². The molecule has 0 fully saturated rings. The molecule has 1 aromatic heterocycles. The third-order valence-electron chi connectivity index (χ3n) is 3.81. The Kier molecular flexibility index (Phi) is 7.08. The Morgan fingerprint density at radius 1 is 1.20 bits per heavy atom. The topological polar surface area (TPSA) is 31.4 Å². The van der Waals surface area contributed by atoms with E-state index in [2.05, 4.69) is 24.9 Å². The van der Waals surface area contributed by atoms with Crippen molar-refractivity contribution in [2.45, 2.75) is 27.2 Å². The molecule has 0 radical (unpaired) electrons. The minimum absolute atomic E-state index is 0.603. The van der Waals surface area contributed by atoms with Gasteiger partial charge in [0, 0.05) is 16.8 Å².